The van der Waals surface area contributed by atoms with E-state index in [9.17, 15) is 36.3 Å². The summed E-state index contributed by atoms with van der Waals surface area (Å²) < 4.78 is 71.4. The average molecular weight is 2270 g/mol. The van der Waals surface area contributed by atoms with Gasteiger partial charge in [0, 0.05) is 190 Å². The van der Waals surface area contributed by atoms with Crippen molar-refractivity contribution in [3.05, 3.63) is 332 Å². The predicted octanol–water partition coefficient (Wildman–Crippen LogP) is 16.5. The van der Waals surface area contributed by atoms with E-state index in [0.29, 0.717) is 5.69 Å². The Morgan fingerprint density at radius 1 is 0.431 bits per heavy atom. The van der Waals surface area contributed by atoms with Crippen molar-refractivity contribution in [3.63, 3.8) is 0 Å². The number of carbonyl (C=O) groups excluding carboxylic acids is 2. The fourth-order valence-electron chi connectivity index (χ4n) is 8.47. The molecular formula is C76H60F5Ir5N10O6-5. The van der Waals surface area contributed by atoms with Crippen molar-refractivity contribution in [3.8, 4) is 39.7 Å². The Kier molecular flexibility index (Phi) is 40.0. The van der Waals surface area contributed by atoms with Crippen LogP contribution < -0.4 is 0 Å². The SMILES string of the molecule is CC(=O)C=C(C)O.CC(=O)C=C(C)O.Cn1ccnc1-c1[c-]cccc1.Fc1c[c-]c(-c2ccccn2)c(F)c1.Fc1c[c-]c(-n2ncc3ccccc32)cc1.Fc1c[c-]c(-n2ncc3ccccc32)cc1.Fc1c[c-]c(-n2ncc3ccccc32)cc1.O=C(O)c1ccccn1.[Ir].[Ir].[Ir].[Ir].[Ir]. The molecule has 0 saturated heterocycles. The second-order valence-corrected chi connectivity index (χ2v) is 20.2. The molecule has 0 fully saturated rings. The smallest absolute Gasteiger partial charge is 0.354 e. The average Bonchev–Trinajstić information content (AvgIpc) is 1.67. The van der Waals surface area contributed by atoms with Crippen molar-refractivity contribution < 1.29 is 152 Å². The molecule has 0 aliphatic carbocycles. The van der Waals surface area contributed by atoms with Crippen LogP contribution in [0, 0.1) is 59.4 Å². The summed E-state index contributed by atoms with van der Waals surface area (Å²) >= 11 is 0. The number of halogens is 5. The number of aliphatic hydroxyl groups excluding tert-OH is 2. The molecule has 16 nitrogen and oxygen atoms in total. The number of fused-ring (bicyclic) bond motifs is 3. The maximum absolute atomic E-state index is 13.2. The monoisotopic (exact) mass is 2270 g/mol. The molecule has 0 bridgehead atoms. The molecule has 0 saturated carbocycles. The Morgan fingerprint density at radius 2 is 0.833 bits per heavy atom. The van der Waals surface area contributed by atoms with Gasteiger partial charge in [-0.05, 0) is 86.8 Å². The number of carbonyl (C=O) groups is 3. The number of hydrogen-bond acceptors (Lipinski definition) is 11. The van der Waals surface area contributed by atoms with Crippen molar-refractivity contribution in [2.75, 3.05) is 0 Å². The van der Waals surface area contributed by atoms with Gasteiger partial charge >= 0.3 is 5.97 Å². The van der Waals surface area contributed by atoms with Crippen LogP contribution in [0.3, 0.4) is 0 Å². The van der Waals surface area contributed by atoms with Crippen LogP contribution in [-0.4, -0.2) is 81.7 Å². The number of aryl methyl sites for hydroxylation is 1. The van der Waals surface area contributed by atoms with E-state index in [-0.39, 0.29) is 152 Å². The van der Waals surface area contributed by atoms with Gasteiger partial charge in [0.1, 0.15) is 5.69 Å². The number of aliphatic hydroxyl groups is 2. The van der Waals surface area contributed by atoms with Gasteiger partial charge in [0.2, 0.25) is 0 Å². The third-order valence-corrected chi connectivity index (χ3v) is 12.6. The first-order valence-corrected chi connectivity index (χ1v) is 29.2. The van der Waals surface area contributed by atoms with Crippen molar-refractivity contribution >= 4 is 50.2 Å². The summed E-state index contributed by atoms with van der Waals surface area (Å²) in [5, 5.41) is 41.0. The maximum Gasteiger partial charge on any atom is 0.354 e. The summed E-state index contributed by atoms with van der Waals surface area (Å²) in [5.74, 6) is -2.32. The van der Waals surface area contributed by atoms with E-state index in [1.165, 1.54) is 88.5 Å². The summed E-state index contributed by atoms with van der Waals surface area (Å²) in [6, 6.07) is 70.6. The zero-order chi connectivity index (χ0) is 69.6. The molecule has 102 heavy (non-hydrogen) atoms. The number of pyridine rings is 2. The predicted molar refractivity (Wildman–Crippen MR) is 361 cm³/mol. The number of ketones is 2. The van der Waals surface area contributed by atoms with Crippen molar-refractivity contribution in [2.45, 2.75) is 27.7 Å². The van der Waals surface area contributed by atoms with Crippen LogP contribution in [-0.2, 0) is 117 Å². The molecule has 26 heteroatoms. The number of rotatable bonds is 8. The van der Waals surface area contributed by atoms with E-state index < -0.39 is 17.6 Å². The Hall–Kier alpha value is -9.53. The molecule has 535 valence electrons. The van der Waals surface area contributed by atoms with E-state index in [1.54, 1.807) is 93.6 Å². The number of allylic oxidation sites excluding steroid dienone is 4. The third-order valence-electron chi connectivity index (χ3n) is 12.6. The molecule has 8 aromatic carbocycles. The first kappa shape index (κ1) is 88.6. The molecule has 6 heterocycles. The van der Waals surface area contributed by atoms with E-state index in [2.05, 4.69) is 60.6 Å². The Bertz CT molecular complexity index is 4570. The molecular weight excluding hydrogens is 2200 g/mol. The zero-order valence-electron chi connectivity index (χ0n) is 54.3. The Morgan fingerprint density at radius 3 is 1.14 bits per heavy atom. The van der Waals surface area contributed by atoms with Crippen LogP contribution in [0.5, 0.6) is 0 Å². The third kappa shape index (κ3) is 28.5. The molecule has 5 radical (unpaired) electrons. The molecule has 0 unspecified atom stereocenters. The first-order valence-electron chi connectivity index (χ1n) is 29.2. The van der Waals surface area contributed by atoms with Crippen LogP contribution in [0.1, 0.15) is 38.2 Å². The van der Waals surface area contributed by atoms with Gasteiger partial charge in [-0.25, -0.2) is 9.78 Å². The number of carboxylic acids is 1. The number of carboxylic acid groups (broad SMARTS) is 1. The minimum atomic E-state index is -0.990. The minimum Gasteiger partial charge on any atom is -0.512 e. The summed E-state index contributed by atoms with van der Waals surface area (Å²) in [5.41, 5.74) is 6.94. The summed E-state index contributed by atoms with van der Waals surface area (Å²) in [6.45, 7) is 5.70. The molecule has 0 amide bonds. The quantitative estimate of drug-likeness (QED) is 0.0562. The van der Waals surface area contributed by atoms with Gasteiger partial charge in [0.05, 0.1) is 52.5 Å². The zero-order valence-corrected chi connectivity index (χ0v) is 66.3. The first-order chi connectivity index (χ1) is 46.7. The van der Waals surface area contributed by atoms with E-state index in [4.69, 9.17) is 15.3 Å². The molecule has 0 atom stereocenters. The van der Waals surface area contributed by atoms with Gasteiger partial charge in [-0.3, -0.25) is 50.6 Å². The van der Waals surface area contributed by atoms with Gasteiger partial charge in [0.15, 0.2) is 11.6 Å². The molecule has 14 aromatic rings. The largest absolute Gasteiger partial charge is 0.512 e. The second kappa shape index (κ2) is 46.1. The molecule has 3 N–H and O–H groups in total. The normalized spacial score (nSPS) is 10.0. The van der Waals surface area contributed by atoms with Crippen LogP contribution in [0.25, 0.3) is 72.4 Å². The topological polar surface area (TPSA) is 209 Å². The van der Waals surface area contributed by atoms with Gasteiger partial charge < -0.3 is 24.9 Å². The van der Waals surface area contributed by atoms with Gasteiger partial charge in [-0.1, -0.05) is 84.4 Å². The number of nitrogens with zero attached hydrogens (tertiary/aromatic N) is 10. The fraction of sp³-hybridized carbons (Fsp3) is 0.0658. The standard InChI is InChI=1S/3C13H8FN2.C11H6F2N.C10H9N2.C6H5NO2.2C5H8O2.5Ir/c3*14-11-5-7-12(8-6-11)16-13-4-2-1-3-10(13)9-15-16;12-8-4-5-9(10(13)7-8)11-3-1-2-6-14-11;1-12-8-7-11-10(12)9-5-3-2-4-6-9;8-6(9)5-3-1-2-4-7-5;2*1-4(6)3-5(2)7;;;;;/h3*1-7,9H;1-4,6-7H;2-5,7-8H,1H3;1-4H,(H,8,9);2*3,6H,1-2H3;;;;;/q5*-1;;;;;;;;. The number of para-hydroxylation sites is 3. The molecule has 14 rings (SSSR count). The molecule has 6 aromatic heterocycles. The molecule has 0 aliphatic rings. The van der Waals surface area contributed by atoms with Crippen molar-refractivity contribution in [1.29, 1.82) is 0 Å². The van der Waals surface area contributed by atoms with E-state index in [1.807, 2.05) is 115 Å². The fourth-order valence-corrected chi connectivity index (χ4v) is 8.47. The van der Waals surface area contributed by atoms with Gasteiger partial charge in [0.25, 0.3) is 0 Å². The van der Waals surface area contributed by atoms with Gasteiger partial charge in [-0.15, -0.1) is 103 Å². The van der Waals surface area contributed by atoms with Crippen molar-refractivity contribution in [2.24, 2.45) is 7.05 Å². The summed E-state index contributed by atoms with van der Waals surface area (Å²) in [6.07, 6.45) is 14.4. The second-order valence-electron chi connectivity index (χ2n) is 20.2. The van der Waals surface area contributed by atoms with Gasteiger partial charge in [-0.2, -0.15) is 33.5 Å². The minimum absolute atomic E-state index is 0. The maximum atomic E-state index is 13.2. The Labute approximate surface area is 652 Å². The summed E-state index contributed by atoms with van der Waals surface area (Å²) in [4.78, 5) is 41.9. The number of aromatic carboxylic acids is 1. The van der Waals surface area contributed by atoms with Crippen LogP contribution in [0.2, 0.25) is 0 Å². The van der Waals surface area contributed by atoms with E-state index in [0.717, 1.165) is 73.3 Å². The molecule has 0 aliphatic heterocycles. The van der Waals surface area contributed by atoms with Crippen molar-refractivity contribution in [1.82, 2.24) is 48.9 Å². The van der Waals surface area contributed by atoms with Crippen LogP contribution >= 0.6 is 0 Å². The van der Waals surface area contributed by atoms with E-state index >= 15 is 0 Å². The number of imidazole rings is 1. The van der Waals surface area contributed by atoms with Crippen LogP contribution in [0.15, 0.2) is 267 Å². The Balaban J connectivity index is 0.000000400. The molecule has 0 spiro atoms. The number of aromatic nitrogens is 10. The summed E-state index contributed by atoms with van der Waals surface area (Å²) in [7, 11) is 1.98. The number of benzene rings is 8. The van der Waals surface area contributed by atoms with Crippen LogP contribution in [0.4, 0.5) is 22.0 Å². The number of hydrogen-bond donors (Lipinski definition) is 3.